The molecule has 0 amide bonds. The maximum Gasteiger partial charge on any atom is 0.243 e. The Kier molecular flexibility index (Phi) is 5.07. The van der Waals surface area contributed by atoms with Crippen LogP contribution in [0.25, 0.3) is 0 Å². The Morgan fingerprint density at radius 1 is 1.29 bits per heavy atom. The lowest BCUT2D eigenvalue weighted by molar-refractivity contribution is 0.204. The molecular weight excluding hydrogens is 284 g/mol. The van der Waals surface area contributed by atoms with E-state index in [4.69, 9.17) is 5.73 Å². The van der Waals surface area contributed by atoms with E-state index in [1.807, 2.05) is 26.8 Å². The zero-order valence-corrected chi connectivity index (χ0v) is 13.9. The lowest BCUT2D eigenvalue weighted by Gasteiger charge is -2.37. The quantitative estimate of drug-likeness (QED) is 0.929. The van der Waals surface area contributed by atoms with Crippen molar-refractivity contribution in [2.75, 3.05) is 0 Å². The second kappa shape index (κ2) is 6.46. The first-order valence-corrected chi connectivity index (χ1v) is 9.21. The summed E-state index contributed by atoms with van der Waals surface area (Å²) in [5, 5.41) is 0. The van der Waals surface area contributed by atoms with E-state index in [0.29, 0.717) is 4.90 Å². The highest BCUT2D eigenvalue weighted by atomic mass is 32.2. The molecule has 5 heteroatoms. The molecule has 21 heavy (non-hydrogen) atoms. The topological polar surface area (TPSA) is 63.4 Å². The molecule has 1 aliphatic rings. The first-order valence-electron chi connectivity index (χ1n) is 7.77. The summed E-state index contributed by atoms with van der Waals surface area (Å²) >= 11 is 0. The second-order valence-corrected chi connectivity index (χ2v) is 7.89. The van der Waals surface area contributed by atoms with Crippen molar-refractivity contribution in [3.05, 3.63) is 29.8 Å². The Bertz CT molecular complexity index is 576. The Morgan fingerprint density at radius 3 is 2.48 bits per heavy atom. The van der Waals surface area contributed by atoms with Crippen LogP contribution in [0.1, 0.15) is 58.1 Å². The monoisotopic (exact) mass is 310 g/mol. The van der Waals surface area contributed by atoms with Gasteiger partial charge in [-0.3, -0.25) is 0 Å². The van der Waals surface area contributed by atoms with Crippen molar-refractivity contribution in [1.82, 2.24) is 4.31 Å². The van der Waals surface area contributed by atoms with Gasteiger partial charge in [0.1, 0.15) is 0 Å². The van der Waals surface area contributed by atoms with Gasteiger partial charge in [-0.15, -0.1) is 0 Å². The summed E-state index contributed by atoms with van der Waals surface area (Å²) in [6.07, 6.45) is 3.74. The van der Waals surface area contributed by atoms with Gasteiger partial charge in [-0.1, -0.05) is 25.5 Å². The molecule has 2 rings (SSSR count). The smallest absolute Gasteiger partial charge is 0.243 e. The third kappa shape index (κ3) is 3.30. The van der Waals surface area contributed by atoms with E-state index in [0.717, 1.165) is 31.2 Å². The van der Waals surface area contributed by atoms with Crippen molar-refractivity contribution in [3.63, 3.8) is 0 Å². The highest BCUT2D eigenvalue weighted by Crippen LogP contribution is 2.30. The summed E-state index contributed by atoms with van der Waals surface area (Å²) in [5.74, 6) is 0. The van der Waals surface area contributed by atoms with Crippen LogP contribution >= 0.6 is 0 Å². The highest BCUT2D eigenvalue weighted by Gasteiger charge is 2.35. The molecule has 0 aliphatic carbocycles. The third-order valence-electron chi connectivity index (χ3n) is 4.41. The molecular formula is C16H26N2O2S. The predicted molar refractivity (Wildman–Crippen MR) is 85.5 cm³/mol. The fourth-order valence-corrected chi connectivity index (χ4v) is 5.07. The number of sulfonamides is 1. The molecule has 0 aromatic heterocycles. The standard InChI is InChI=1S/C16H26N2O2S/c1-4-16(17)14-9-6-10-15(11-14)21(19,20)18-12(2)7-5-8-13(18)3/h6,9-13,16H,4-5,7-8,17H2,1-3H3/t12-,13+,16?. The van der Waals surface area contributed by atoms with Gasteiger partial charge in [-0.25, -0.2) is 8.42 Å². The van der Waals surface area contributed by atoms with Crippen LogP contribution in [-0.4, -0.2) is 24.8 Å². The largest absolute Gasteiger partial charge is 0.324 e. The third-order valence-corrected chi connectivity index (χ3v) is 6.54. The lowest BCUT2D eigenvalue weighted by atomic mass is 10.0. The van der Waals surface area contributed by atoms with E-state index in [-0.39, 0.29) is 18.1 Å². The van der Waals surface area contributed by atoms with Crippen molar-refractivity contribution < 1.29 is 8.42 Å². The summed E-state index contributed by atoms with van der Waals surface area (Å²) in [4.78, 5) is 0.365. The van der Waals surface area contributed by atoms with Crippen molar-refractivity contribution in [2.24, 2.45) is 5.73 Å². The molecule has 1 aliphatic heterocycles. The van der Waals surface area contributed by atoms with E-state index >= 15 is 0 Å². The zero-order chi connectivity index (χ0) is 15.6. The van der Waals surface area contributed by atoms with Crippen LogP contribution in [0.2, 0.25) is 0 Å². The number of rotatable bonds is 4. The van der Waals surface area contributed by atoms with Gasteiger partial charge in [-0.2, -0.15) is 4.31 Å². The van der Waals surface area contributed by atoms with Gasteiger partial charge >= 0.3 is 0 Å². The van der Waals surface area contributed by atoms with Crippen LogP contribution in [0.4, 0.5) is 0 Å². The molecule has 1 aromatic rings. The van der Waals surface area contributed by atoms with Crippen LogP contribution in [-0.2, 0) is 10.0 Å². The van der Waals surface area contributed by atoms with E-state index < -0.39 is 10.0 Å². The van der Waals surface area contributed by atoms with Crippen molar-refractivity contribution in [1.29, 1.82) is 0 Å². The average Bonchev–Trinajstić information content (AvgIpc) is 2.46. The minimum atomic E-state index is -3.45. The van der Waals surface area contributed by atoms with Gasteiger partial charge in [0.25, 0.3) is 0 Å². The average molecular weight is 310 g/mol. The van der Waals surface area contributed by atoms with Gasteiger partial charge in [-0.05, 0) is 50.8 Å². The lowest BCUT2D eigenvalue weighted by Crippen LogP contribution is -2.47. The summed E-state index contributed by atoms with van der Waals surface area (Å²) in [7, 11) is -3.45. The van der Waals surface area contributed by atoms with Gasteiger partial charge in [0.15, 0.2) is 0 Å². The molecule has 1 aromatic carbocycles. The number of piperidine rings is 1. The maximum absolute atomic E-state index is 13.0. The van der Waals surface area contributed by atoms with Crippen LogP contribution in [0.15, 0.2) is 29.2 Å². The van der Waals surface area contributed by atoms with Crippen molar-refractivity contribution >= 4 is 10.0 Å². The molecule has 2 N–H and O–H groups in total. The SMILES string of the molecule is CCC(N)c1cccc(S(=O)(=O)N2[C@H](C)CCC[C@@H]2C)c1. The molecule has 0 saturated carbocycles. The summed E-state index contributed by atoms with van der Waals surface area (Å²) in [5.41, 5.74) is 6.92. The van der Waals surface area contributed by atoms with Crippen LogP contribution in [0, 0.1) is 0 Å². The first kappa shape index (κ1) is 16.5. The highest BCUT2D eigenvalue weighted by molar-refractivity contribution is 7.89. The molecule has 1 saturated heterocycles. The van der Waals surface area contributed by atoms with Crippen molar-refractivity contribution in [2.45, 2.75) is 69.5 Å². The second-order valence-electron chi connectivity index (χ2n) is 6.05. The van der Waals surface area contributed by atoms with Crippen LogP contribution in [0.3, 0.4) is 0 Å². The summed E-state index contributed by atoms with van der Waals surface area (Å²) in [6.45, 7) is 5.99. The van der Waals surface area contributed by atoms with Gasteiger partial charge in [0.05, 0.1) is 4.90 Å². The maximum atomic E-state index is 13.0. The van der Waals surface area contributed by atoms with Crippen molar-refractivity contribution in [3.8, 4) is 0 Å². The molecule has 3 atom stereocenters. The Morgan fingerprint density at radius 2 is 1.90 bits per heavy atom. The Labute approximate surface area is 128 Å². The molecule has 1 heterocycles. The molecule has 0 spiro atoms. The zero-order valence-electron chi connectivity index (χ0n) is 13.1. The Hall–Kier alpha value is -0.910. The van der Waals surface area contributed by atoms with E-state index in [2.05, 4.69) is 0 Å². The minimum Gasteiger partial charge on any atom is -0.324 e. The molecule has 0 bridgehead atoms. The number of nitrogens with zero attached hydrogens (tertiary/aromatic N) is 1. The molecule has 118 valence electrons. The van der Waals surface area contributed by atoms with E-state index in [1.54, 1.807) is 22.5 Å². The normalized spacial score (nSPS) is 25.7. The van der Waals surface area contributed by atoms with E-state index in [9.17, 15) is 8.42 Å². The number of hydrogen-bond acceptors (Lipinski definition) is 3. The molecule has 4 nitrogen and oxygen atoms in total. The van der Waals surface area contributed by atoms with Gasteiger partial charge in [0.2, 0.25) is 10.0 Å². The first-order chi connectivity index (χ1) is 9.87. The number of benzene rings is 1. The number of hydrogen-bond donors (Lipinski definition) is 1. The predicted octanol–water partition coefficient (Wildman–Crippen LogP) is 3.05. The fourth-order valence-electron chi connectivity index (χ4n) is 3.13. The fraction of sp³-hybridized carbons (Fsp3) is 0.625. The van der Waals surface area contributed by atoms with Crippen LogP contribution in [0.5, 0.6) is 0 Å². The molecule has 1 fully saturated rings. The summed E-state index contributed by atoms with van der Waals surface area (Å²) in [6, 6.07) is 7.10. The van der Waals surface area contributed by atoms with Crippen LogP contribution < -0.4 is 5.73 Å². The summed E-state index contributed by atoms with van der Waals surface area (Å²) < 4.78 is 27.6. The molecule has 1 unspecified atom stereocenters. The van der Waals surface area contributed by atoms with E-state index in [1.165, 1.54) is 0 Å². The Balaban J connectivity index is 2.39. The van der Waals surface area contributed by atoms with Gasteiger partial charge in [0, 0.05) is 18.1 Å². The minimum absolute atomic E-state index is 0.0576. The number of nitrogens with two attached hydrogens (primary N) is 1. The van der Waals surface area contributed by atoms with Gasteiger partial charge < -0.3 is 5.73 Å². The molecule has 0 radical (unpaired) electrons.